The predicted octanol–water partition coefficient (Wildman–Crippen LogP) is -0.409. The van der Waals surface area contributed by atoms with Crippen molar-refractivity contribution in [3.63, 3.8) is 0 Å². The Bertz CT molecular complexity index is 785. The molecule has 3 rings (SSSR count). The molecule has 7 nitrogen and oxygen atoms in total. The van der Waals surface area contributed by atoms with Gasteiger partial charge in [0.05, 0.1) is 5.69 Å². The second-order valence-corrected chi connectivity index (χ2v) is 9.15. The quantitative estimate of drug-likeness (QED) is 0.550. The van der Waals surface area contributed by atoms with Crippen LogP contribution >= 0.6 is 0 Å². The summed E-state index contributed by atoms with van der Waals surface area (Å²) in [5.74, 6) is 0.350. The fraction of sp³-hybridized carbons (Fsp3) is 0.696. The van der Waals surface area contributed by atoms with Crippen LogP contribution in [0, 0.1) is 13.8 Å². The highest BCUT2D eigenvalue weighted by Gasteiger charge is 2.34. The van der Waals surface area contributed by atoms with E-state index in [-0.39, 0.29) is 23.5 Å². The molecular formula is C23H38N4O3+2. The lowest BCUT2D eigenvalue weighted by molar-refractivity contribution is -1.01. The monoisotopic (exact) mass is 418 g/mol. The average Bonchev–Trinajstić information content (AvgIpc) is 2.89. The Labute approximate surface area is 179 Å². The Hall–Kier alpha value is -1.99. The summed E-state index contributed by atoms with van der Waals surface area (Å²) < 4.78 is 0. The first-order valence-corrected chi connectivity index (χ1v) is 11.5. The summed E-state index contributed by atoms with van der Waals surface area (Å²) in [6.07, 6.45) is 4.72. The molecular weight excluding hydrogens is 380 g/mol. The van der Waals surface area contributed by atoms with Crippen LogP contribution in [0.25, 0.3) is 0 Å². The van der Waals surface area contributed by atoms with Gasteiger partial charge >= 0.3 is 0 Å². The number of carbonyl (C=O) groups excluding carboxylic acids is 3. The number of nitrogens with one attached hydrogen (secondary N) is 3. The second-order valence-electron chi connectivity index (χ2n) is 9.15. The molecule has 30 heavy (non-hydrogen) atoms. The van der Waals surface area contributed by atoms with Crippen molar-refractivity contribution in [1.82, 2.24) is 9.88 Å². The minimum atomic E-state index is -0.163. The molecule has 0 bridgehead atoms. The molecule has 0 spiro atoms. The van der Waals surface area contributed by atoms with Gasteiger partial charge in [-0.05, 0) is 46.1 Å². The molecule has 1 aromatic heterocycles. The number of hydrogen-bond donors (Lipinski definition) is 3. The summed E-state index contributed by atoms with van der Waals surface area (Å²) in [5.41, 5.74) is 2.75. The minimum Gasteiger partial charge on any atom is -0.355 e. The zero-order valence-electron chi connectivity index (χ0n) is 19.0. The normalized spacial score (nSPS) is 23.7. The predicted molar refractivity (Wildman–Crippen MR) is 115 cm³/mol. The number of nitrogens with zero attached hydrogens (tertiary/aromatic N) is 1. The molecule has 0 aromatic carbocycles. The smallest absolute Gasteiger partial charge is 0.277 e. The molecule has 3 N–H and O–H groups in total. The fourth-order valence-electron chi connectivity index (χ4n) is 5.11. The number of quaternary nitrogens is 2. The number of hydrogen-bond acceptors (Lipinski definition) is 3. The average molecular weight is 419 g/mol. The van der Waals surface area contributed by atoms with Gasteiger partial charge in [-0.25, -0.2) is 0 Å². The lowest BCUT2D eigenvalue weighted by atomic mass is 10.0. The van der Waals surface area contributed by atoms with Crippen molar-refractivity contribution in [3.8, 4) is 0 Å². The van der Waals surface area contributed by atoms with Crippen LogP contribution in [0.5, 0.6) is 0 Å². The molecule has 0 aliphatic carbocycles. The van der Waals surface area contributed by atoms with Gasteiger partial charge in [0.1, 0.15) is 26.2 Å². The van der Waals surface area contributed by atoms with Gasteiger partial charge in [-0.2, -0.15) is 0 Å². The van der Waals surface area contributed by atoms with Crippen molar-refractivity contribution < 1.29 is 24.2 Å². The van der Waals surface area contributed by atoms with E-state index < -0.39 is 0 Å². The van der Waals surface area contributed by atoms with E-state index in [9.17, 15) is 14.4 Å². The number of aromatic nitrogens is 1. The molecule has 2 fully saturated rings. The summed E-state index contributed by atoms with van der Waals surface area (Å²) in [7, 11) is 0. The van der Waals surface area contributed by atoms with E-state index >= 15 is 0 Å². The van der Waals surface area contributed by atoms with Crippen LogP contribution < -0.4 is 9.80 Å². The lowest BCUT2D eigenvalue weighted by Crippen LogP contribution is -3.30. The van der Waals surface area contributed by atoms with Crippen LogP contribution in [0.15, 0.2) is 0 Å². The Kier molecular flexibility index (Phi) is 7.47. The first-order valence-electron chi connectivity index (χ1n) is 11.5. The van der Waals surface area contributed by atoms with Crippen LogP contribution in [0.3, 0.4) is 0 Å². The first-order chi connectivity index (χ1) is 14.3. The highest BCUT2D eigenvalue weighted by atomic mass is 16.2. The van der Waals surface area contributed by atoms with Crippen LogP contribution in [0.4, 0.5) is 0 Å². The number of H-pyrrole nitrogens is 1. The van der Waals surface area contributed by atoms with E-state index in [1.807, 2.05) is 25.7 Å². The third-order valence-electron chi connectivity index (χ3n) is 7.00. The standard InChI is InChI=1S/C23H36N4O3/c1-16-21(19(4)28)17(2)24-22(16)23(30)18(3)26-13-11-25(12-14-26)15-20(29)27-9-7-5-6-8-10-27/h18,24H,5-15H2,1-4H3/p+2/t18-/m1/s1. The summed E-state index contributed by atoms with van der Waals surface area (Å²) in [5, 5.41) is 0. The Morgan fingerprint density at radius 2 is 1.60 bits per heavy atom. The van der Waals surface area contributed by atoms with Gasteiger partial charge in [0.2, 0.25) is 5.78 Å². The lowest BCUT2D eigenvalue weighted by Gasteiger charge is -2.33. The highest BCUT2D eigenvalue weighted by Crippen LogP contribution is 2.19. The van der Waals surface area contributed by atoms with Crippen LogP contribution in [-0.2, 0) is 4.79 Å². The van der Waals surface area contributed by atoms with Gasteiger partial charge in [0.15, 0.2) is 18.4 Å². The largest absolute Gasteiger partial charge is 0.355 e. The van der Waals surface area contributed by atoms with Crippen LogP contribution in [0.2, 0.25) is 0 Å². The van der Waals surface area contributed by atoms with E-state index in [2.05, 4.69) is 4.98 Å². The van der Waals surface area contributed by atoms with Crippen molar-refractivity contribution in [2.45, 2.75) is 59.4 Å². The molecule has 0 saturated carbocycles. The number of piperazine rings is 1. The molecule has 2 saturated heterocycles. The van der Waals surface area contributed by atoms with Gasteiger partial charge in [-0.3, -0.25) is 14.4 Å². The minimum absolute atomic E-state index is 0.00779. The molecule has 1 amide bonds. The van der Waals surface area contributed by atoms with Crippen LogP contribution in [0.1, 0.15) is 71.6 Å². The Morgan fingerprint density at radius 1 is 1.00 bits per heavy atom. The van der Waals surface area contributed by atoms with Crippen molar-refractivity contribution in [2.24, 2.45) is 0 Å². The molecule has 7 heteroatoms. The maximum absolute atomic E-state index is 13.1. The molecule has 3 heterocycles. The van der Waals surface area contributed by atoms with Crippen molar-refractivity contribution >= 4 is 17.5 Å². The molecule has 1 aromatic rings. The number of rotatable bonds is 6. The van der Waals surface area contributed by atoms with Crippen molar-refractivity contribution in [1.29, 1.82) is 0 Å². The summed E-state index contributed by atoms with van der Waals surface area (Å²) >= 11 is 0. The van der Waals surface area contributed by atoms with Gasteiger partial charge in [-0.1, -0.05) is 12.8 Å². The zero-order valence-corrected chi connectivity index (χ0v) is 19.0. The molecule has 166 valence electrons. The number of amides is 1. The van der Waals surface area contributed by atoms with E-state index in [4.69, 9.17) is 0 Å². The summed E-state index contributed by atoms with van der Waals surface area (Å²) in [4.78, 5) is 45.5. The van der Waals surface area contributed by atoms with Crippen molar-refractivity contribution in [3.05, 3.63) is 22.5 Å². The molecule has 2 aliphatic rings. The Morgan fingerprint density at radius 3 is 2.13 bits per heavy atom. The van der Waals surface area contributed by atoms with E-state index in [1.165, 1.54) is 22.6 Å². The number of ketones is 2. The van der Waals surface area contributed by atoms with Gasteiger partial charge in [0.25, 0.3) is 5.91 Å². The number of aryl methyl sites for hydroxylation is 1. The van der Waals surface area contributed by atoms with Gasteiger partial charge in [0, 0.05) is 24.3 Å². The van der Waals surface area contributed by atoms with E-state index in [0.717, 1.165) is 63.4 Å². The Balaban J connectivity index is 1.54. The molecule has 2 aliphatic heterocycles. The van der Waals surface area contributed by atoms with E-state index in [1.54, 1.807) is 6.92 Å². The molecule has 1 atom stereocenters. The van der Waals surface area contributed by atoms with Gasteiger partial charge in [-0.15, -0.1) is 0 Å². The first kappa shape index (κ1) is 22.7. The third-order valence-corrected chi connectivity index (χ3v) is 7.00. The summed E-state index contributed by atoms with van der Waals surface area (Å²) in [6.45, 7) is 13.2. The van der Waals surface area contributed by atoms with E-state index in [0.29, 0.717) is 17.8 Å². The zero-order chi connectivity index (χ0) is 21.8. The maximum Gasteiger partial charge on any atom is 0.277 e. The third kappa shape index (κ3) is 5.01. The molecule has 0 unspecified atom stereocenters. The topological polar surface area (TPSA) is 79.1 Å². The van der Waals surface area contributed by atoms with Gasteiger partial charge < -0.3 is 19.7 Å². The summed E-state index contributed by atoms with van der Waals surface area (Å²) in [6, 6.07) is -0.163. The number of aromatic amines is 1. The maximum atomic E-state index is 13.1. The highest BCUT2D eigenvalue weighted by molar-refractivity contribution is 6.04. The van der Waals surface area contributed by atoms with Crippen LogP contribution in [-0.4, -0.2) is 79.2 Å². The number of carbonyl (C=O) groups is 3. The SMILES string of the molecule is CC(=O)c1c(C)[nH]c(C(=O)[C@@H](C)[NH+]2CC[NH+](CC(=O)N3CCCCCC3)CC2)c1C. The number of Topliss-reactive ketones (excluding diaryl/α,β-unsaturated/α-hetero) is 2. The fourth-order valence-corrected chi connectivity index (χ4v) is 5.11. The molecule has 0 radical (unpaired) electrons. The van der Waals surface area contributed by atoms with Crippen molar-refractivity contribution in [2.75, 3.05) is 45.8 Å². The number of likely N-dealkylation sites (tertiary alicyclic amines) is 1. The second kappa shape index (κ2) is 9.88.